The molecular weight excluding hydrogens is 804 g/mol. The van der Waals surface area contributed by atoms with Gasteiger partial charge in [-0.25, -0.2) is 4.98 Å². The Morgan fingerprint density at radius 2 is 1.66 bits per heavy atom. The molecule has 0 bridgehead atoms. The Hall–Kier alpha value is -6.07. The SMILES string of the molecule is CCn1c(=O)c(OCC(=O)NC)cc2cc(Nc3nc(N4CCN(C(C)(C)C5CCN(c6ccc7c(c6)C(=O)N(C6CCC(=O)NC6=O)C7=O)CC5)CC4)ncc3Cl)ccc21. The molecule has 4 aliphatic heterocycles. The standard InChI is InChI=1S/C43H49ClN10O7/c1-5-53-32-9-6-27(20-25(32)21-34(41(53)60)61-24-36(56)45-4)47-37-31(44)23-46-42(49-37)51-16-18-52(19-17-51)43(2,3)26-12-14-50(15-13-26)28-7-8-29-30(22-28)40(59)54(39(29)58)33-10-11-35(55)48-38(33)57/h6-9,20-23,26,33H,5,10-19,24H2,1-4H3,(H,45,56)(H,46,47,49)(H,48,55,57). The van der Waals surface area contributed by atoms with E-state index in [1.54, 1.807) is 29.0 Å². The van der Waals surface area contributed by atoms with E-state index in [1.165, 1.54) is 7.05 Å². The number of nitrogens with zero attached hydrogens (tertiary/aromatic N) is 7. The van der Waals surface area contributed by atoms with E-state index in [0.717, 1.165) is 73.6 Å². The van der Waals surface area contributed by atoms with E-state index in [1.807, 2.05) is 31.2 Å². The molecule has 3 fully saturated rings. The summed E-state index contributed by atoms with van der Waals surface area (Å²) in [5.41, 5.74) is 2.47. The van der Waals surface area contributed by atoms with Crippen LogP contribution in [0.1, 0.15) is 67.2 Å². The molecule has 1 unspecified atom stereocenters. The Balaban J connectivity index is 0.881. The third-order valence-corrected chi connectivity index (χ3v) is 12.9. The Kier molecular flexibility index (Phi) is 11.4. The van der Waals surface area contributed by atoms with Crippen molar-refractivity contribution in [2.75, 3.05) is 68.0 Å². The van der Waals surface area contributed by atoms with E-state index < -0.39 is 29.7 Å². The smallest absolute Gasteiger partial charge is 0.293 e. The average molecular weight is 853 g/mol. The molecule has 320 valence electrons. The van der Waals surface area contributed by atoms with Crippen molar-refractivity contribution in [3.63, 3.8) is 0 Å². The first kappa shape index (κ1) is 41.7. The van der Waals surface area contributed by atoms with E-state index in [9.17, 15) is 28.8 Å². The normalized spacial score (nSPS) is 19.0. The summed E-state index contributed by atoms with van der Waals surface area (Å²) in [5, 5.41) is 9.16. The fourth-order valence-corrected chi connectivity index (χ4v) is 9.19. The number of fused-ring (bicyclic) bond motifs is 2. The van der Waals surface area contributed by atoms with Gasteiger partial charge in [-0.2, -0.15) is 4.98 Å². The molecular formula is C43H49ClN10O7. The fourth-order valence-electron chi connectivity index (χ4n) is 9.05. The number of ether oxygens (including phenoxy) is 1. The first-order chi connectivity index (χ1) is 29.3. The van der Waals surface area contributed by atoms with Gasteiger partial charge >= 0.3 is 0 Å². The molecule has 8 rings (SSSR count). The van der Waals surface area contributed by atoms with Gasteiger partial charge in [-0.05, 0) is 88.4 Å². The van der Waals surface area contributed by atoms with E-state index >= 15 is 0 Å². The van der Waals surface area contributed by atoms with E-state index in [-0.39, 0.29) is 47.8 Å². The van der Waals surface area contributed by atoms with Crippen molar-refractivity contribution >= 4 is 75.2 Å². The number of nitrogens with one attached hydrogen (secondary N) is 3. The number of hydrogen-bond acceptors (Lipinski definition) is 13. The van der Waals surface area contributed by atoms with Crippen LogP contribution >= 0.6 is 11.6 Å². The van der Waals surface area contributed by atoms with Crippen molar-refractivity contribution in [1.29, 1.82) is 0 Å². The molecule has 0 radical (unpaired) electrons. The molecule has 0 saturated carbocycles. The molecule has 6 heterocycles. The Morgan fingerprint density at radius 1 is 0.918 bits per heavy atom. The van der Waals surface area contributed by atoms with Crippen LogP contribution < -0.4 is 36.0 Å². The lowest BCUT2D eigenvalue weighted by atomic mass is 9.78. The first-order valence-corrected chi connectivity index (χ1v) is 21.1. The number of carbonyl (C=O) groups is 5. The quantitative estimate of drug-likeness (QED) is 0.186. The number of pyridine rings is 1. The predicted octanol–water partition coefficient (Wildman–Crippen LogP) is 3.55. The number of amides is 5. The van der Waals surface area contributed by atoms with E-state index in [2.05, 4.69) is 49.5 Å². The van der Waals surface area contributed by atoms with Crippen LogP contribution in [0.25, 0.3) is 10.9 Å². The number of aryl methyl sites for hydroxylation is 1. The number of anilines is 4. The molecule has 61 heavy (non-hydrogen) atoms. The van der Waals surface area contributed by atoms with Crippen LogP contribution in [-0.4, -0.2) is 118 Å². The summed E-state index contributed by atoms with van der Waals surface area (Å²) in [6.07, 6.45) is 3.70. The zero-order chi connectivity index (χ0) is 43.2. The van der Waals surface area contributed by atoms with Gasteiger partial charge in [-0.3, -0.25) is 43.9 Å². The maximum Gasteiger partial charge on any atom is 0.293 e. The first-order valence-electron chi connectivity index (χ1n) is 20.7. The fraction of sp³-hybridized carbons (Fsp3) is 0.442. The minimum atomic E-state index is -0.992. The number of likely N-dealkylation sites (N-methyl/N-ethyl adjacent to an activating group) is 1. The monoisotopic (exact) mass is 852 g/mol. The van der Waals surface area contributed by atoms with Gasteiger partial charge in [0.1, 0.15) is 11.1 Å². The zero-order valence-corrected chi connectivity index (χ0v) is 35.4. The highest BCUT2D eigenvalue weighted by Gasteiger charge is 2.45. The highest BCUT2D eigenvalue weighted by Crippen LogP contribution is 2.37. The van der Waals surface area contributed by atoms with Gasteiger partial charge in [0, 0.05) is 81.6 Å². The molecule has 0 aliphatic carbocycles. The predicted molar refractivity (Wildman–Crippen MR) is 230 cm³/mol. The summed E-state index contributed by atoms with van der Waals surface area (Å²) in [7, 11) is 1.51. The van der Waals surface area contributed by atoms with Crippen molar-refractivity contribution < 1.29 is 28.7 Å². The molecule has 4 aromatic rings. The largest absolute Gasteiger partial charge is 0.478 e. The second-order valence-electron chi connectivity index (χ2n) is 16.4. The summed E-state index contributed by atoms with van der Waals surface area (Å²) >= 11 is 6.61. The molecule has 0 spiro atoms. The number of halogens is 1. The van der Waals surface area contributed by atoms with Crippen molar-refractivity contribution in [2.45, 2.75) is 64.6 Å². The number of hydrogen-bond donors (Lipinski definition) is 3. The van der Waals surface area contributed by atoms with Gasteiger partial charge < -0.3 is 29.7 Å². The van der Waals surface area contributed by atoms with Gasteiger partial charge in [0.25, 0.3) is 23.3 Å². The maximum absolute atomic E-state index is 13.4. The van der Waals surface area contributed by atoms with Gasteiger partial charge in [0.2, 0.25) is 17.8 Å². The van der Waals surface area contributed by atoms with Crippen LogP contribution in [0.4, 0.5) is 23.1 Å². The van der Waals surface area contributed by atoms with Crippen molar-refractivity contribution in [2.24, 2.45) is 5.92 Å². The van der Waals surface area contributed by atoms with Gasteiger partial charge in [-0.15, -0.1) is 0 Å². The number of aromatic nitrogens is 3. The van der Waals surface area contributed by atoms with Crippen LogP contribution in [0.2, 0.25) is 5.02 Å². The van der Waals surface area contributed by atoms with Gasteiger partial charge in [-0.1, -0.05) is 11.6 Å². The second-order valence-corrected chi connectivity index (χ2v) is 16.8. The lowest BCUT2D eigenvalue weighted by Crippen LogP contribution is -2.59. The second kappa shape index (κ2) is 16.8. The lowest BCUT2D eigenvalue weighted by molar-refractivity contribution is -0.136. The van der Waals surface area contributed by atoms with Crippen molar-refractivity contribution in [3.05, 3.63) is 75.2 Å². The molecule has 1 atom stereocenters. The van der Waals surface area contributed by atoms with Crippen LogP contribution in [-0.2, 0) is 20.9 Å². The summed E-state index contributed by atoms with van der Waals surface area (Å²) in [4.78, 5) is 93.0. The highest BCUT2D eigenvalue weighted by molar-refractivity contribution is 6.33. The summed E-state index contributed by atoms with van der Waals surface area (Å²) in [5.74, 6) is -0.838. The van der Waals surface area contributed by atoms with Crippen LogP contribution in [0.15, 0.2) is 53.5 Å². The van der Waals surface area contributed by atoms with Crippen molar-refractivity contribution in [1.82, 2.24) is 35.0 Å². The molecule has 4 aliphatic rings. The number of piperazine rings is 1. The third kappa shape index (κ3) is 7.99. The number of imide groups is 2. The Bertz CT molecular complexity index is 2490. The van der Waals surface area contributed by atoms with Crippen LogP contribution in [0.5, 0.6) is 5.75 Å². The number of benzene rings is 2. The summed E-state index contributed by atoms with van der Waals surface area (Å²) < 4.78 is 7.17. The molecule has 17 nitrogen and oxygen atoms in total. The lowest BCUT2D eigenvalue weighted by Gasteiger charge is -2.50. The molecule has 2 aromatic heterocycles. The zero-order valence-electron chi connectivity index (χ0n) is 34.6. The van der Waals surface area contributed by atoms with Crippen LogP contribution in [0, 0.1) is 5.92 Å². The molecule has 2 aromatic carbocycles. The molecule has 3 N–H and O–H groups in total. The van der Waals surface area contributed by atoms with Crippen LogP contribution in [0.3, 0.4) is 0 Å². The summed E-state index contributed by atoms with van der Waals surface area (Å²) in [6, 6.07) is 11.6. The maximum atomic E-state index is 13.4. The minimum absolute atomic E-state index is 0.0785. The molecule has 18 heteroatoms. The third-order valence-electron chi connectivity index (χ3n) is 12.7. The van der Waals surface area contributed by atoms with Gasteiger partial charge in [0.15, 0.2) is 18.2 Å². The number of carbonyl (C=O) groups excluding carboxylic acids is 5. The Labute approximate surface area is 357 Å². The Morgan fingerprint density at radius 3 is 2.36 bits per heavy atom. The number of rotatable bonds is 11. The van der Waals surface area contributed by atoms with Gasteiger partial charge in [0.05, 0.1) is 22.8 Å². The van der Waals surface area contributed by atoms with Crippen molar-refractivity contribution in [3.8, 4) is 5.75 Å². The van der Waals surface area contributed by atoms with E-state index in [4.69, 9.17) is 21.3 Å². The average Bonchev–Trinajstić information content (AvgIpc) is 3.51. The topological polar surface area (TPSA) is 191 Å². The number of piperidine rings is 2. The minimum Gasteiger partial charge on any atom is -0.478 e. The molecule has 5 amide bonds. The van der Waals surface area contributed by atoms with E-state index in [0.29, 0.717) is 40.5 Å². The highest BCUT2D eigenvalue weighted by atomic mass is 35.5. The molecule has 3 saturated heterocycles. The summed E-state index contributed by atoms with van der Waals surface area (Å²) in [6.45, 7) is 11.3.